The third-order valence-electron chi connectivity index (χ3n) is 2.14. The minimum absolute atomic E-state index is 0.0366. The van der Waals surface area contributed by atoms with Crippen molar-refractivity contribution in [3.63, 3.8) is 0 Å². The van der Waals surface area contributed by atoms with Crippen molar-refractivity contribution in [1.82, 2.24) is 9.80 Å². The van der Waals surface area contributed by atoms with Gasteiger partial charge >= 0.3 is 12.0 Å². The van der Waals surface area contributed by atoms with E-state index < -0.39 is 12.0 Å². The summed E-state index contributed by atoms with van der Waals surface area (Å²) in [5, 5.41) is 0. The fraction of sp³-hybridized carbons (Fsp3) is 0.500. The Morgan fingerprint density at radius 3 is 2.56 bits per heavy atom. The van der Waals surface area contributed by atoms with Gasteiger partial charge < -0.3 is 9.64 Å². The molecule has 1 heterocycles. The van der Waals surface area contributed by atoms with Crippen LogP contribution >= 0.6 is 0 Å². The summed E-state index contributed by atoms with van der Waals surface area (Å²) in [6.07, 6.45) is 0. The zero-order valence-electron chi connectivity index (χ0n) is 9.36. The van der Waals surface area contributed by atoms with Crippen LogP contribution in [0.1, 0.15) is 6.92 Å². The number of hydrogen-bond acceptors (Lipinski definition) is 4. The van der Waals surface area contributed by atoms with Gasteiger partial charge in [-0.1, -0.05) is 6.58 Å². The van der Waals surface area contributed by atoms with Crippen molar-refractivity contribution in [3.8, 4) is 0 Å². The van der Waals surface area contributed by atoms with Gasteiger partial charge in [-0.3, -0.25) is 9.69 Å². The largest absolute Gasteiger partial charge is 0.463 e. The molecule has 0 aromatic carbocycles. The Morgan fingerprint density at radius 2 is 2.12 bits per heavy atom. The summed E-state index contributed by atoms with van der Waals surface area (Å²) >= 11 is 0. The molecule has 0 radical (unpaired) electrons. The Kier molecular flexibility index (Phi) is 3.65. The molecule has 6 heteroatoms. The molecular formula is C10H14N2O4. The Bertz CT molecular complexity index is 351. The summed E-state index contributed by atoms with van der Waals surface area (Å²) in [5.74, 6) is -0.921. The first kappa shape index (κ1) is 12.2. The molecule has 1 aliphatic heterocycles. The normalized spacial score (nSPS) is 15.6. The second kappa shape index (κ2) is 4.78. The average molecular weight is 226 g/mol. The van der Waals surface area contributed by atoms with Crippen LogP contribution < -0.4 is 0 Å². The van der Waals surface area contributed by atoms with Crippen LogP contribution in [0.4, 0.5) is 4.79 Å². The SMILES string of the molecule is C=C(CN1C(=O)CN(C)C1=O)C(=O)OCC. The highest BCUT2D eigenvalue weighted by Gasteiger charge is 2.34. The van der Waals surface area contributed by atoms with Gasteiger partial charge in [0.05, 0.1) is 13.2 Å². The predicted molar refractivity (Wildman–Crippen MR) is 55.5 cm³/mol. The second-order valence-electron chi connectivity index (χ2n) is 3.44. The summed E-state index contributed by atoms with van der Waals surface area (Å²) in [4.78, 5) is 36.4. The van der Waals surface area contributed by atoms with Gasteiger partial charge in [0.2, 0.25) is 0 Å². The fourth-order valence-corrected chi connectivity index (χ4v) is 1.31. The highest BCUT2D eigenvalue weighted by molar-refractivity contribution is 6.03. The Labute approximate surface area is 93.4 Å². The van der Waals surface area contributed by atoms with Crippen molar-refractivity contribution in [1.29, 1.82) is 0 Å². The van der Waals surface area contributed by atoms with Crippen molar-refractivity contribution in [3.05, 3.63) is 12.2 Å². The molecule has 16 heavy (non-hydrogen) atoms. The van der Waals surface area contributed by atoms with Crippen LogP contribution in [-0.2, 0) is 14.3 Å². The van der Waals surface area contributed by atoms with Crippen LogP contribution in [0.3, 0.4) is 0 Å². The number of imide groups is 1. The molecule has 0 spiro atoms. The van der Waals surface area contributed by atoms with Gasteiger partial charge in [0, 0.05) is 12.6 Å². The van der Waals surface area contributed by atoms with E-state index in [2.05, 4.69) is 6.58 Å². The number of amides is 3. The average Bonchev–Trinajstić information content (AvgIpc) is 2.45. The highest BCUT2D eigenvalue weighted by Crippen LogP contribution is 2.10. The second-order valence-corrected chi connectivity index (χ2v) is 3.44. The molecule has 0 aromatic heterocycles. The topological polar surface area (TPSA) is 66.9 Å². The molecule has 0 aromatic rings. The van der Waals surface area contributed by atoms with Gasteiger partial charge in [0.15, 0.2) is 0 Å². The maximum Gasteiger partial charge on any atom is 0.335 e. The summed E-state index contributed by atoms with van der Waals surface area (Å²) in [6.45, 7) is 5.33. The highest BCUT2D eigenvalue weighted by atomic mass is 16.5. The van der Waals surface area contributed by atoms with E-state index in [1.54, 1.807) is 6.92 Å². The van der Waals surface area contributed by atoms with Gasteiger partial charge in [-0.15, -0.1) is 0 Å². The van der Waals surface area contributed by atoms with Crippen molar-refractivity contribution in [2.75, 3.05) is 26.7 Å². The van der Waals surface area contributed by atoms with Crippen molar-refractivity contribution in [2.45, 2.75) is 6.92 Å². The van der Waals surface area contributed by atoms with E-state index in [0.717, 1.165) is 4.90 Å². The molecule has 0 unspecified atom stereocenters. The van der Waals surface area contributed by atoms with E-state index in [9.17, 15) is 14.4 Å². The number of nitrogens with zero attached hydrogens (tertiary/aromatic N) is 2. The quantitative estimate of drug-likeness (QED) is 0.384. The number of carbonyl (C=O) groups excluding carboxylic acids is 3. The molecule has 1 saturated heterocycles. The molecule has 6 nitrogen and oxygen atoms in total. The molecule has 0 bridgehead atoms. The number of carbonyl (C=O) groups is 3. The van der Waals surface area contributed by atoms with Gasteiger partial charge in [-0.25, -0.2) is 9.59 Å². The van der Waals surface area contributed by atoms with Crippen molar-refractivity contribution >= 4 is 17.9 Å². The van der Waals surface area contributed by atoms with Gasteiger partial charge in [-0.05, 0) is 6.92 Å². The van der Waals surface area contributed by atoms with E-state index in [1.807, 2.05) is 0 Å². The smallest absolute Gasteiger partial charge is 0.335 e. The molecule has 0 atom stereocenters. The number of hydrogen-bond donors (Lipinski definition) is 0. The summed E-state index contributed by atoms with van der Waals surface area (Å²) in [7, 11) is 1.52. The third-order valence-corrected chi connectivity index (χ3v) is 2.14. The van der Waals surface area contributed by atoms with E-state index >= 15 is 0 Å². The lowest BCUT2D eigenvalue weighted by atomic mass is 10.3. The number of ether oxygens (including phenoxy) is 1. The van der Waals surface area contributed by atoms with Crippen molar-refractivity contribution in [2.24, 2.45) is 0 Å². The Hall–Kier alpha value is -1.85. The molecule has 88 valence electrons. The Balaban J connectivity index is 2.61. The minimum atomic E-state index is -0.586. The number of rotatable bonds is 4. The number of esters is 1. The molecule has 1 fully saturated rings. The maximum absolute atomic E-state index is 11.5. The number of likely N-dealkylation sites (N-methyl/N-ethyl adjacent to an activating group) is 1. The van der Waals surface area contributed by atoms with Crippen LogP contribution in [0.15, 0.2) is 12.2 Å². The molecule has 0 N–H and O–H groups in total. The fourth-order valence-electron chi connectivity index (χ4n) is 1.31. The van der Waals surface area contributed by atoms with E-state index in [4.69, 9.17) is 4.74 Å². The predicted octanol–water partition coefficient (Wildman–Crippen LogP) is -0.000300. The van der Waals surface area contributed by atoms with Gasteiger partial charge in [0.25, 0.3) is 5.91 Å². The molecule has 0 saturated carbocycles. The summed E-state index contributed by atoms with van der Waals surface area (Å²) < 4.78 is 4.71. The van der Waals surface area contributed by atoms with Crippen LogP contribution in [-0.4, -0.2) is 54.5 Å². The lowest BCUT2D eigenvalue weighted by Gasteiger charge is -2.14. The lowest BCUT2D eigenvalue weighted by molar-refractivity contribution is -0.138. The van der Waals surface area contributed by atoms with E-state index in [1.165, 1.54) is 11.9 Å². The first-order chi connectivity index (χ1) is 7.47. The first-order valence-electron chi connectivity index (χ1n) is 4.87. The summed E-state index contributed by atoms with van der Waals surface area (Å²) in [5.41, 5.74) is 0.0962. The first-order valence-corrected chi connectivity index (χ1v) is 4.87. The zero-order chi connectivity index (χ0) is 12.3. The van der Waals surface area contributed by atoms with Gasteiger partial charge in [0.1, 0.15) is 6.54 Å². The maximum atomic E-state index is 11.5. The lowest BCUT2D eigenvalue weighted by Crippen LogP contribution is -2.34. The molecule has 1 rings (SSSR count). The van der Waals surface area contributed by atoms with Crippen LogP contribution in [0, 0.1) is 0 Å². The van der Waals surface area contributed by atoms with Crippen LogP contribution in [0.5, 0.6) is 0 Å². The van der Waals surface area contributed by atoms with E-state index in [-0.39, 0.29) is 31.2 Å². The zero-order valence-corrected chi connectivity index (χ0v) is 9.36. The van der Waals surface area contributed by atoms with Crippen molar-refractivity contribution < 1.29 is 19.1 Å². The molecule has 0 aliphatic carbocycles. The van der Waals surface area contributed by atoms with E-state index in [0.29, 0.717) is 0 Å². The summed E-state index contributed by atoms with van der Waals surface area (Å²) in [6, 6.07) is -0.421. The van der Waals surface area contributed by atoms with Gasteiger partial charge in [-0.2, -0.15) is 0 Å². The molecular weight excluding hydrogens is 212 g/mol. The monoisotopic (exact) mass is 226 g/mol. The molecule has 3 amide bonds. The Morgan fingerprint density at radius 1 is 1.50 bits per heavy atom. The van der Waals surface area contributed by atoms with Crippen LogP contribution in [0.2, 0.25) is 0 Å². The third kappa shape index (κ3) is 2.39. The standard InChI is InChI=1S/C10H14N2O4/c1-4-16-9(14)7(2)5-12-8(13)6-11(3)10(12)15/h2,4-6H2,1,3H3. The molecule has 1 aliphatic rings. The number of urea groups is 1. The minimum Gasteiger partial charge on any atom is -0.463 e. The van der Waals surface area contributed by atoms with Crippen LogP contribution in [0.25, 0.3) is 0 Å².